The van der Waals surface area contributed by atoms with Crippen molar-refractivity contribution in [2.75, 3.05) is 0 Å². The topological polar surface area (TPSA) is 82.8 Å². The number of aromatic nitrogens is 2. The fourth-order valence-corrected chi connectivity index (χ4v) is 2.24. The summed E-state index contributed by atoms with van der Waals surface area (Å²) in [6.07, 6.45) is 2.59. The minimum absolute atomic E-state index is 0.0400. The van der Waals surface area contributed by atoms with Gasteiger partial charge in [0.2, 0.25) is 0 Å². The maximum absolute atomic E-state index is 13.0. The van der Waals surface area contributed by atoms with Crippen molar-refractivity contribution in [3.05, 3.63) is 103 Å². The molecule has 0 unspecified atom stereocenters. The highest BCUT2D eigenvalue weighted by Gasteiger charge is 2.03. The SMILES string of the molecule is O=C(/C=c1\[nH]/c(=C/c2ccc(F)cc2)c(=O)[nH]c1=O)c1ccccc1. The maximum Gasteiger partial charge on any atom is 0.274 e. The summed E-state index contributed by atoms with van der Waals surface area (Å²) in [5, 5.41) is 0.0418. The van der Waals surface area contributed by atoms with E-state index >= 15 is 0 Å². The Hall–Kier alpha value is -3.54. The monoisotopic (exact) mass is 336 g/mol. The van der Waals surface area contributed by atoms with Crippen LogP contribution in [0.3, 0.4) is 0 Å². The first-order chi connectivity index (χ1) is 12.0. The summed E-state index contributed by atoms with van der Waals surface area (Å²) in [6.45, 7) is 0. The van der Waals surface area contributed by atoms with E-state index in [-0.39, 0.29) is 16.5 Å². The van der Waals surface area contributed by atoms with Gasteiger partial charge in [-0.15, -0.1) is 0 Å². The summed E-state index contributed by atoms with van der Waals surface area (Å²) in [6, 6.07) is 14.0. The highest BCUT2D eigenvalue weighted by molar-refractivity contribution is 6.16. The van der Waals surface area contributed by atoms with Gasteiger partial charge in [0.15, 0.2) is 5.78 Å². The van der Waals surface area contributed by atoms with Gasteiger partial charge in [-0.2, -0.15) is 0 Å². The number of carbonyl (C=O) groups excluding carboxylic acids is 1. The zero-order valence-electron chi connectivity index (χ0n) is 13.0. The Morgan fingerprint density at radius 1 is 0.840 bits per heavy atom. The van der Waals surface area contributed by atoms with Gasteiger partial charge in [-0.3, -0.25) is 19.4 Å². The zero-order chi connectivity index (χ0) is 17.8. The predicted octanol–water partition coefficient (Wildman–Crippen LogP) is 0.694. The number of Topliss-reactive ketones (excluding diaryl/α,β-unsaturated/α-hetero) is 1. The predicted molar refractivity (Wildman–Crippen MR) is 92.1 cm³/mol. The largest absolute Gasteiger partial charge is 0.346 e. The first kappa shape index (κ1) is 16.3. The van der Waals surface area contributed by atoms with Crippen molar-refractivity contribution in [2.24, 2.45) is 0 Å². The van der Waals surface area contributed by atoms with Crippen LogP contribution in [0.4, 0.5) is 4.39 Å². The van der Waals surface area contributed by atoms with E-state index in [1.54, 1.807) is 30.3 Å². The molecule has 5 nitrogen and oxygen atoms in total. The Balaban J connectivity index is 2.12. The van der Waals surface area contributed by atoms with E-state index in [4.69, 9.17) is 0 Å². The minimum Gasteiger partial charge on any atom is -0.346 e. The number of H-pyrrole nitrogens is 2. The van der Waals surface area contributed by atoms with E-state index in [0.717, 1.165) is 6.08 Å². The second kappa shape index (κ2) is 6.92. The number of aromatic amines is 2. The average molecular weight is 336 g/mol. The fourth-order valence-electron chi connectivity index (χ4n) is 2.24. The third-order valence-corrected chi connectivity index (χ3v) is 3.50. The number of rotatable bonds is 3. The molecule has 0 aliphatic carbocycles. The second-order valence-electron chi connectivity index (χ2n) is 5.31. The van der Waals surface area contributed by atoms with Crippen molar-refractivity contribution in [1.82, 2.24) is 9.97 Å². The molecule has 0 spiro atoms. The van der Waals surface area contributed by atoms with Crippen LogP contribution < -0.4 is 21.8 Å². The molecular weight excluding hydrogens is 323 g/mol. The molecule has 1 heterocycles. The fraction of sp³-hybridized carbons (Fsp3) is 0. The van der Waals surface area contributed by atoms with E-state index < -0.39 is 16.9 Å². The van der Waals surface area contributed by atoms with Crippen molar-refractivity contribution in [1.29, 1.82) is 0 Å². The van der Waals surface area contributed by atoms with Crippen LogP contribution in [0.25, 0.3) is 12.2 Å². The normalized spacial score (nSPS) is 12.4. The zero-order valence-corrected chi connectivity index (χ0v) is 13.0. The van der Waals surface area contributed by atoms with Crippen molar-refractivity contribution in [2.45, 2.75) is 0 Å². The first-order valence-corrected chi connectivity index (χ1v) is 7.44. The lowest BCUT2D eigenvalue weighted by molar-refractivity contribution is 0.106. The molecule has 0 amide bonds. The molecule has 2 N–H and O–H groups in total. The molecule has 2 aromatic carbocycles. The maximum atomic E-state index is 13.0. The lowest BCUT2D eigenvalue weighted by atomic mass is 10.1. The Kier molecular flexibility index (Phi) is 4.52. The molecule has 0 aliphatic heterocycles. The molecule has 25 heavy (non-hydrogen) atoms. The van der Waals surface area contributed by atoms with Gasteiger partial charge >= 0.3 is 0 Å². The number of carbonyl (C=O) groups is 1. The molecule has 0 atom stereocenters. The van der Waals surface area contributed by atoms with Crippen LogP contribution in [-0.4, -0.2) is 15.8 Å². The highest BCUT2D eigenvalue weighted by atomic mass is 19.1. The first-order valence-electron chi connectivity index (χ1n) is 7.44. The molecule has 6 heteroatoms. The number of hydrogen-bond acceptors (Lipinski definition) is 3. The van der Waals surface area contributed by atoms with E-state index in [1.165, 1.54) is 30.3 Å². The lowest BCUT2D eigenvalue weighted by Crippen LogP contribution is -2.47. The molecule has 0 fully saturated rings. The molecule has 3 rings (SSSR count). The van der Waals surface area contributed by atoms with Gasteiger partial charge in [0.25, 0.3) is 11.1 Å². The molecule has 0 saturated carbocycles. The second-order valence-corrected chi connectivity index (χ2v) is 5.31. The van der Waals surface area contributed by atoms with Crippen LogP contribution >= 0.6 is 0 Å². The number of ketones is 1. The van der Waals surface area contributed by atoms with Crippen LogP contribution in [0.5, 0.6) is 0 Å². The molecule has 3 aromatic rings. The van der Waals surface area contributed by atoms with Crippen molar-refractivity contribution < 1.29 is 9.18 Å². The summed E-state index contributed by atoms with van der Waals surface area (Å²) in [5.41, 5.74) is -0.322. The number of nitrogens with one attached hydrogen (secondary N) is 2. The summed E-state index contributed by atoms with van der Waals surface area (Å²) < 4.78 is 13.0. The summed E-state index contributed by atoms with van der Waals surface area (Å²) in [4.78, 5) is 40.9. The molecule has 124 valence electrons. The van der Waals surface area contributed by atoms with Crippen LogP contribution in [0.2, 0.25) is 0 Å². The van der Waals surface area contributed by atoms with E-state index in [1.807, 2.05) is 0 Å². The van der Waals surface area contributed by atoms with E-state index in [2.05, 4.69) is 9.97 Å². The lowest BCUT2D eigenvalue weighted by Gasteiger charge is -1.95. The van der Waals surface area contributed by atoms with Crippen LogP contribution in [0.1, 0.15) is 15.9 Å². The Bertz CT molecular complexity index is 1140. The van der Waals surface area contributed by atoms with Crippen LogP contribution in [0, 0.1) is 5.82 Å². The van der Waals surface area contributed by atoms with Crippen molar-refractivity contribution in [3.8, 4) is 0 Å². The quantitative estimate of drug-likeness (QED) is 0.691. The van der Waals surface area contributed by atoms with Gasteiger partial charge in [0.05, 0.1) is 0 Å². The molecular formula is C19H13FN2O3. The number of benzene rings is 2. The third-order valence-electron chi connectivity index (χ3n) is 3.50. The van der Waals surface area contributed by atoms with E-state index in [0.29, 0.717) is 11.1 Å². The smallest absolute Gasteiger partial charge is 0.274 e. The Morgan fingerprint density at radius 3 is 2.16 bits per heavy atom. The Morgan fingerprint density at radius 2 is 1.48 bits per heavy atom. The van der Waals surface area contributed by atoms with Crippen LogP contribution in [0.15, 0.2) is 64.2 Å². The minimum atomic E-state index is -0.689. The third kappa shape index (κ3) is 3.87. The Labute approximate surface area is 140 Å². The van der Waals surface area contributed by atoms with Crippen molar-refractivity contribution in [3.63, 3.8) is 0 Å². The highest BCUT2D eigenvalue weighted by Crippen LogP contribution is 2.02. The van der Waals surface area contributed by atoms with Gasteiger partial charge in [0, 0.05) is 11.6 Å². The van der Waals surface area contributed by atoms with E-state index in [9.17, 15) is 18.8 Å². The van der Waals surface area contributed by atoms with Crippen LogP contribution in [-0.2, 0) is 0 Å². The molecule has 0 saturated heterocycles. The standard InChI is InChI=1S/C19H13FN2O3/c20-14-8-6-12(7-9-14)10-15-18(24)22-19(25)16(21-15)11-17(23)13-4-2-1-3-5-13/h1-11,21H,(H,22,24,25)/b15-10+,16-11-. The molecule has 0 radical (unpaired) electrons. The van der Waals surface area contributed by atoms with Gasteiger partial charge in [0.1, 0.15) is 16.5 Å². The molecule has 0 bridgehead atoms. The number of hydrogen-bond donors (Lipinski definition) is 2. The van der Waals surface area contributed by atoms with Gasteiger partial charge in [-0.25, -0.2) is 4.39 Å². The molecule has 1 aromatic heterocycles. The number of halogens is 1. The molecule has 0 aliphatic rings. The summed E-state index contributed by atoms with van der Waals surface area (Å²) in [7, 11) is 0. The summed E-state index contributed by atoms with van der Waals surface area (Å²) >= 11 is 0. The summed E-state index contributed by atoms with van der Waals surface area (Å²) in [5.74, 6) is -0.763. The van der Waals surface area contributed by atoms with Gasteiger partial charge < -0.3 is 4.98 Å². The van der Waals surface area contributed by atoms with Gasteiger partial charge in [-0.1, -0.05) is 42.5 Å². The van der Waals surface area contributed by atoms with Gasteiger partial charge in [-0.05, 0) is 23.8 Å². The average Bonchev–Trinajstić information content (AvgIpc) is 2.61. The van der Waals surface area contributed by atoms with Crippen molar-refractivity contribution >= 4 is 17.9 Å².